The Morgan fingerprint density at radius 3 is 2.04 bits per heavy atom. The van der Waals surface area contributed by atoms with Crippen molar-refractivity contribution in [3.63, 3.8) is 0 Å². The zero-order valence-corrected chi connectivity index (χ0v) is 14.6. The Bertz CT molecular complexity index is 815. The van der Waals surface area contributed by atoms with E-state index >= 15 is 0 Å². The maximum atomic E-state index is 12.4. The summed E-state index contributed by atoms with van der Waals surface area (Å²) in [7, 11) is 0. The molecule has 0 aliphatic heterocycles. The van der Waals surface area contributed by atoms with Gasteiger partial charge in [0.1, 0.15) is 11.5 Å². The highest BCUT2D eigenvalue weighted by Gasteiger charge is 2.29. The van der Waals surface area contributed by atoms with Crippen molar-refractivity contribution in [2.75, 3.05) is 5.32 Å². The smallest absolute Gasteiger partial charge is 0.228 e. The predicted molar refractivity (Wildman–Crippen MR) is 97.0 cm³/mol. The van der Waals surface area contributed by atoms with Crippen molar-refractivity contribution in [2.45, 2.75) is 12.8 Å². The van der Waals surface area contributed by atoms with E-state index in [-0.39, 0.29) is 5.91 Å². The highest BCUT2D eigenvalue weighted by Crippen LogP contribution is 2.28. The molecule has 1 amide bonds. The molecule has 2 aromatic carbocycles. The van der Waals surface area contributed by atoms with E-state index in [4.69, 9.17) is 16.3 Å². The zero-order valence-electron chi connectivity index (χ0n) is 13.9. The molecule has 0 bridgehead atoms. The summed E-state index contributed by atoms with van der Waals surface area (Å²) in [5.74, 6) is -1.69. The van der Waals surface area contributed by atoms with Crippen molar-refractivity contribution in [1.82, 2.24) is 0 Å². The van der Waals surface area contributed by atoms with Gasteiger partial charge in [0.15, 0.2) is 0 Å². The number of rotatable bonds is 5. The normalized spacial score (nSPS) is 19.0. The van der Waals surface area contributed by atoms with Crippen LogP contribution in [0.5, 0.6) is 11.5 Å². The van der Waals surface area contributed by atoms with Crippen LogP contribution in [0.4, 0.5) is 5.69 Å². The molecule has 1 aliphatic carbocycles. The van der Waals surface area contributed by atoms with Crippen LogP contribution >= 0.6 is 11.6 Å². The van der Waals surface area contributed by atoms with Crippen molar-refractivity contribution < 1.29 is 19.4 Å². The molecule has 26 heavy (non-hydrogen) atoms. The third-order valence-corrected chi connectivity index (χ3v) is 4.50. The number of amides is 1. The van der Waals surface area contributed by atoms with Gasteiger partial charge in [-0.15, -0.1) is 0 Å². The fourth-order valence-electron chi connectivity index (χ4n) is 2.84. The van der Waals surface area contributed by atoms with E-state index in [9.17, 15) is 14.7 Å². The Labute approximate surface area is 156 Å². The monoisotopic (exact) mass is 370 g/mol. The summed E-state index contributed by atoms with van der Waals surface area (Å²) in [5, 5.41) is 14.6. The fourth-order valence-corrected chi connectivity index (χ4v) is 2.97. The second kappa shape index (κ2) is 8.06. The molecule has 5 nitrogen and oxygen atoms in total. The number of carbonyl (C=O) groups is 2. The first kappa shape index (κ1) is 18.0. The van der Waals surface area contributed by atoms with Crippen LogP contribution in [0, 0.1) is 11.8 Å². The molecule has 0 radical (unpaired) electrons. The highest BCUT2D eigenvalue weighted by molar-refractivity contribution is 6.30. The molecule has 0 saturated carbocycles. The minimum Gasteiger partial charge on any atom is -0.550 e. The fraction of sp³-hybridized carbons (Fsp3) is 0.200. The summed E-state index contributed by atoms with van der Waals surface area (Å²) < 4.78 is 5.69. The second-order valence-electron chi connectivity index (χ2n) is 6.04. The van der Waals surface area contributed by atoms with Gasteiger partial charge >= 0.3 is 0 Å². The van der Waals surface area contributed by atoms with Gasteiger partial charge < -0.3 is 20.0 Å². The summed E-state index contributed by atoms with van der Waals surface area (Å²) in [4.78, 5) is 23.6. The summed E-state index contributed by atoms with van der Waals surface area (Å²) in [5.41, 5.74) is 0.574. The molecule has 1 N–H and O–H groups in total. The van der Waals surface area contributed by atoms with E-state index in [1.165, 1.54) is 0 Å². The van der Waals surface area contributed by atoms with Gasteiger partial charge in [-0.3, -0.25) is 4.79 Å². The maximum absolute atomic E-state index is 12.4. The van der Waals surface area contributed by atoms with Crippen molar-refractivity contribution in [3.05, 3.63) is 65.7 Å². The third-order valence-electron chi connectivity index (χ3n) is 4.24. The van der Waals surface area contributed by atoms with Crippen LogP contribution in [-0.4, -0.2) is 11.9 Å². The highest BCUT2D eigenvalue weighted by atomic mass is 35.5. The van der Waals surface area contributed by atoms with Crippen LogP contribution in [0.25, 0.3) is 0 Å². The van der Waals surface area contributed by atoms with Gasteiger partial charge in [0.05, 0.1) is 5.92 Å². The zero-order chi connectivity index (χ0) is 18.5. The Morgan fingerprint density at radius 1 is 0.923 bits per heavy atom. The molecule has 134 valence electrons. The number of halogens is 1. The van der Waals surface area contributed by atoms with E-state index < -0.39 is 17.8 Å². The van der Waals surface area contributed by atoms with Crippen LogP contribution in [0.3, 0.4) is 0 Å². The third kappa shape index (κ3) is 4.43. The lowest BCUT2D eigenvalue weighted by atomic mass is 9.82. The molecule has 6 heteroatoms. The number of ether oxygens (including phenoxy) is 1. The van der Waals surface area contributed by atoms with E-state index in [1.807, 2.05) is 6.08 Å². The first-order valence-corrected chi connectivity index (χ1v) is 8.61. The molecular formula is C20H17ClNO4-. The number of allylic oxidation sites excluding steroid dienone is 2. The lowest BCUT2D eigenvalue weighted by molar-refractivity contribution is -0.313. The number of hydrogen-bond donors (Lipinski definition) is 1. The van der Waals surface area contributed by atoms with Crippen molar-refractivity contribution >= 4 is 29.2 Å². The number of carboxylic acids is 1. The summed E-state index contributed by atoms with van der Waals surface area (Å²) >= 11 is 5.84. The Hall–Kier alpha value is -2.79. The SMILES string of the molecule is O=C([O-])[C@H]1CC=CC[C@H]1C(=O)Nc1ccc(Oc2ccc(Cl)cc2)cc1. The first-order chi connectivity index (χ1) is 12.5. The topological polar surface area (TPSA) is 78.5 Å². The van der Waals surface area contributed by atoms with Crippen molar-refractivity contribution in [1.29, 1.82) is 0 Å². The minimum absolute atomic E-state index is 0.314. The van der Waals surface area contributed by atoms with Gasteiger partial charge in [-0.25, -0.2) is 0 Å². The minimum atomic E-state index is -1.19. The summed E-state index contributed by atoms with van der Waals surface area (Å²) in [6.45, 7) is 0. The number of hydrogen-bond acceptors (Lipinski definition) is 4. The van der Waals surface area contributed by atoms with Gasteiger partial charge in [0, 0.05) is 22.6 Å². The predicted octanol–water partition coefficient (Wildman–Crippen LogP) is 3.40. The van der Waals surface area contributed by atoms with Gasteiger partial charge in [0.25, 0.3) is 0 Å². The van der Waals surface area contributed by atoms with Crippen LogP contribution in [-0.2, 0) is 9.59 Å². The average Bonchev–Trinajstić information content (AvgIpc) is 2.65. The number of anilines is 1. The van der Waals surface area contributed by atoms with E-state index in [2.05, 4.69) is 5.32 Å². The second-order valence-corrected chi connectivity index (χ2v) is 6.48. The molecule has 0 aromatic heterocycles. The Morgan fingerprint density at radius 2 is 1.46 bits per heavy atom. The van der Waals surface area contributed by atoms with Crippen LogP contribution in [0.15, 0.2) is 60.7 Å². The molecular weight excluding hydrogens is 354 g/mol. The standard InChI is InChI=1S/C20H18ClNO4/c21-13-5-9-15(10-6-13)26-16-11-7-14(8-12-16)22-19(23)17-3-1-2-4-18(17)20(24)25/h1-2,5-12,17-18H,3-4H2,(H,22,23)(H,24,25)/p-1/t17-,18+/m1/s1. The number of carbonyl (C=O) groups excluding carboxylic acids is 2. The number of benzene rings is 2. The lowest BCUT2D eigenvalue weighted by Crippen LogP contribution is -2.41. The molecule has 0 heterocycles. The summed E-state index contributed by atoms with van der Waals surface area (Å²) in [6.07, 6.45) is 4.30. The Balaban J connectivity index is 1.63. The van der Waals surface area contributed by atoms with Gasteiger partial charge in [-0.2, -0.15) is 0 Å². The van der Waals surface area contributed by atoms with E-state index in [1.54, 1.807) is 54.6 Å². The van der Waals surface area contributed by atoms with Crippen LogP contribution in [0.2, 0.25) is 5.02 Å². The Kier molecular flexibility index (Phi) is 5.58. The maximum Gasteiger partial charge on any atom is 0.228 e. The molecule has 0 unspecified atom stereocenters. The number of nitrogens with one attached hydrogen (secondary N) is 1. The quantitative estimate of drug-likeness (QED) is 0.818. The van der Waals surface area contributed by atoms with Gasteiger partial charge in [-0.1, -0.05) is 23.8 Å². The lowest BCUT2D eigenvalue weighted by Gasteiger charge is -2.28. The van der Waals surface area contributed by atoms with Crippen LogP contribution in [0.1, 0.15) is 12.8 Å². The van der Waals surface area contributed by atoms with Crippen LogP contribution < -0.4 is 15.2 Å². The largest absolute Gasteiger partial charge is 0.550 e. The molecule has 2 aromatic rings. The molecule has 0 fully saturated rings. The summed E-state index contributed by atoms with van der Waals surface area (Å²) in [6, 6.07) is 13.8. The first-order valence-electron chi connectivity index (χ1n) is 8.23. The average molecular weight is 371 g/mol. The van der Waals surface area contributed by atoms with Crippen molar-refractivity contribution in [3.8, 4) is 11.5 Å². The molecule has 0 saturated heterocycles. The number of aliphatic carboxylic acids is 1. The van der Waals surface area contributed by atoms with Gasteiger partial charge in [-0.05, 0) is 61.4 Å². The molecule has 0 spiro atoms. The van der Waals surface area contributed by atoms with Crippen molar-refractivity contribution in [2.24, 2.45) is 11.8 Å². The van der Waals surface area contributed by atoms with E-state index in [0.29, 0.717) is 35.1 Å². The molecule has 2 atom stereocenters. The number of carboxylic acid groups (broad SMARTS) is 1. The van der Waals surface area contributed by atoms with Gasteiger partial charge in [0.2, 0.25) is 5.91 Å². The molecule has 1 aliphatic rings. The van der Waals surface area contributed by atoms with E-state index in [0.717, 1.165) is 0 Å². The molecule has 3 rings (SSSR count).